The summed E-state index contributed by atoms with van der Waals surface area (Å²) in [6.07, 6.45) is 19.7. The summed E-state index contributed by atoms with van der Waals surface area (Å²) in [4.78, 5) is 13.3. The van der Waals surface area contributed by atoms with Crippen LogP contribution in [0.2, 0.25) is 0 Å². The molecule has 0 spiro atoms. The first-order valence-corrected chi connectivity index (χ1v) is 14.0. The molecule has 0 aliphatic heterocycles. The van der Waals surface area contributed by atoms with Crippen molar-refractivity contribution in [1.29, 1.82) is 0 Å². The number of hydrogen-bond acceptors (Lipinski definition) is 3. The number of esters is 1. The molecule has 1 aliphatic carbocycles. The van der Waals surface area contributed by atoms with Crippen molar-refractivity contribution < 1.29 is 18.7 Å². The molecule has 1 aromatic rings. The van der Waals surface area contributed by atoms with Crippen LogP contribution < -0.4 is 0 Å². The van der Waals surface area contributed by atoms with Crippen molar-refractivity contribution >= 4 is 11.5 Å². The highest BCUT2D eigenvalue weighted by Gasteiger charge is 2.40. The lowest BCUT2D eigenvalue weighted by molar-refractivity contribution is -0.173. The lowest BCUT2D eigenvalue weighted by Gasteiger charge is -2.32. The molecule has 0 radical (unpaired) electrons. The van der Waals surface area contributed by atoms with E-state index in [0.717, 1.165) is 43.2 Å². The topological polar surface area (TPSA) is 35.5 Å². The van der Waals surface area contributed by atoms with E-state index in [1.165, 1.54) is 44.9 Å². The van der Waals surface area contributed by atoms with E-state index >= 15 is 0 Å². The van der Waals surface area contributed by atoms with Gasteiger partial charge in [0, 0.05) is 13.0 Å². The molecule has 2 atom stereocenters. The second-order valence-corrected chi connectivity index (χ2v) is 9.81. The Hall–Kier alpha value is -1.94. The van der Waals surface area contributed by atoms with Crippen LogP contribution in [0, 0.1) is 0 Å². The maximum atomic E-state index is 13.7. The minimum absolute atomic E-state index is 0.401. The number of hydrogen-bond donors (Lipinski definition) is 0. The first-order chi connectivity index (χ1) is 17.1. The maximum absolute atomic E-state index is 13.7. The highest BCUT2D eigenvalue weighted by atomic mass is 19.1. The molecule has 0 heterocycles. The lowest BCUT2D eigenvalue weighted by atomic mass is 9.89. The van der Waals surface area contributed by atoms with Crippen molar-refractivity contribution in [3.8, 4) is 0 Å². The number of rotatable bonds is 19. The van der Waals surface area contributed by atoms with Gasteiger partial charge in [0.05, 0.1) is 0 Å². The van der Waals surface area contributed by atoms with Gasteiger partial charge in [-0.1, -0.05) is 121 Å². The van der Waals surface area contributed by atoms with Crippen molar-refractivity contribution in [3.63, 3.8) is 0 Å². The Labute approximate surface area is 213 Å². The number of alkyl halides is 1. The number of carbonyl (C=O) groups is 1. The summed E-state index contributed by atoms with van der Waals surface area (Å²) in [5.74, 6) is -0.461. The van der Waals surface area contributed by atoms with Crippen LogP contribution in [0.4, 0.5) is 4.39 Å². The molecule has 0 N–H and O–H groups in total. The molecule has 0 fully saturated rings. The molecular weight excluding hydrogens is 439 g/mol. The minimum atomic E-state index is -1.17. The Balaban J connectivity index is 1.95. The number of allylic oxidation sites excluding steroid dienone is 2. The van der Waals surface area contributed by atoms with Gasteiger partial charge in [0.15, 0.2) is 5.60 Å². The van der Waals surface area contributed by atoms with Crippen molar-refractivity contribution in [2.45, 2.75) is 115 Å². The summed E-state index contributed by atoms with van der Waals surface area (Å²) in [5.41, 5.74) is 0.994. The van der Waals surface area contributed by atoms with E-state index in [1.807, 2.05) is 36.4 Å². The number of benzene rings is 1. The highest BCUT2D eigenvalue weighted by Crippen LogP contribution is 2.32. The Morgan fingerprint density at radius 2 is 1.54 bits per heavy atom. The van der Waals surface area contributed by atoms with Crippen LogP contribution in [0.3, 0.4) is 0 Å². The SMILES string of the molecule is CCCCCCCCOC1(C(=O)OC(CF)CCCCCCCC)C=CC(c2ccccc2)=CC1. The average Bonchev–Trinajstić information content (AvgIpc) is 2.90. The van der Waals surface area contributed by atoms with Crippen molar-refractivity contribution in [3.05, 3.63) is 54.1 Å². The van der Waals surface area contributed by atoms with E-state index < -0.39 is 24.3 Å². The monoisotopic (exact) mass is 486 g/mol. The van der Waals surface area contributed by atoms with Gasteiger partial charge in [-0.25, -0.2) is 9.18 Å². The van der Waals surface area contributed by atoms with Crippen LogP contribution in [0.25, 0.3) is 5.57 Å². The smallest absolute Gasteiger partial charge is 0.343 e. The third-order valence-electron chi connectivity index (χ3n) is 6.79. The molecule has 0 aromatic heterocycles. The van der Waals surface area contributed by atoms with Crippen LogP contribution in [-0.4, -0.2) is 31.0 Å². The number of halogens is 1. The zero-order chi connectivity index (χ0) is 25.2. The molecule has 0 bridgehead atoms. The largest absolute Gasteiger partial charge is 0.457 e. The number of ether oxygens (including phenoxy) is 2. The Bertz CT molecular complexity index is 758. The Morgan fingerprint density at radius 3 is 2.14 bits per heavy atom. The van der Waals surface area contributed by atoms with E-state index in [4.69, 9.17) is 9.47 Å². The second kappa shape index (κ2) is 17.5. The van der Waals surface area contributed by atoms with E-state index in [2.05, 4.69) is 26.0 Å². The standard InChI is InChI=1S/C31H47FO3/c1-3-5-7-9-11-16-20-29(26-32)35-30(33)31(34-25-17-12-10-8-6-4-2)23-21-28(22-24-31)27-18-14-13-15-19-27/h13-15,18-19,21-23,29H,3-12,16-17,20,24-26H2,1-2H3. The molecular formula is C31H47FO3. The average molecular weight is 487 g/mol. The quantitative estimate of drug-likeness (QED) is 0.145. The fourth-order valence-electron chi connectivity index (χ4n) is 4.49. The molecule has 2 unspecified atom stereocenters. The van der Waals surface area contributed by atoms with Gasteiger partial charge < -0.3 is 9.47 Å². The van der Waals surface area contributed by atoms with Crippen molar-refractivity contribution in [2.75, 3.05) is 13.3 Å². The van der Waals surface area contributed by atoms with Gasteiger partial charge >= 0.3 is 5.97 Å². The first-order valence-electron chi connectivity index (χ1n) is 14.0. The van der Waals surface area contributed by atoms with Crippen LogP contribution in [-0.2, 0) is 14.3 Å². The third kappa shape index (κ3) is 10.7. The van der Waals surface area contributed by atoms with Gasteiger partial charge in [-0.3, -0.25) is 0 Å². The predicted molar refractivity (Wildman–Crippen MR) is 144 cm³/mol. The van der Waals surface area contributed by atoms with E-state index in [-0.39, 0.29) is 0 Å². The van der Waals surface area contributed by atoms with E-state index in [9.17, 15) is 9.18 Å². The highest BCUT2D eigenvalue weighted by molar-refractivity contribution is 5.87. The van der Waals surface area contributed by atoms with Gasteiger partial charge in [-0.2, -0.15) is 0 Å². The van der Waals surface area contributed by atoms with Gasteiger partial charge in [0.25, 0.3) is 0 Å². The molecule has 1 aliphatic rings. The summed E-state index contributed by atoms with van der Waals surface area (Å²) in [6.45, 7) is 4.25. The van der Waals surface area contributed by atoms with Crippen LogP contribution >= 0.6 is 0 Å². The molecule has 35 heavy (non-hydrogen) atoms. The molecule has 0 saturated carbocycles. The zero-order valence-electron chi connectivity index (χ0n) is 22.1. The Kier molecular flexibility index (Phi) is 14.6. The van der Waals surface area contributed by atoms with Gasteiger partial charge in [0.1, 0.15) is 12.8 Å². The van der Waals surface area contributed by atoms with Crippen LogP contribution in [0.5, 0.6) is 0 Å². The summed E-state index contributed by atoms with van der Waals surface area (Å²) in [5, 5.41) is 0. The van der Waals surface area contributed by atoms with Gasteiger partial charge in [-0.15, -0.1) is 0 Å². The van der Waals surface area contributed by atoms with Crippen LogP contribution in [0.15, 0.2) is 48.6 Å². The summed E-state index contributed by atoms with van der Waals surface area (Å²) < 4.78 is 25.6. The predicted octanol–water partition coefficient (Wildman–Crippen LogP) is 8.78. The number of unbranched alkanes of at least 4 members (excludes halogenated alkanes) is 10. The summed E-state index contributed by atoms with van der Waals surface area (Å²) in [6, 6.07) is 10.1. The molecule has 1 aromatic carbocycles. The molecule has 0 saturated heterocycles. The van der Waals surface area contributed by atoms with Crippen molar-refractivity contribution in [1.82, 2.24) is 0 Å². The number of carbonyl (C=O) groups excluding carboxylic acids is 1. The van der Waals surface area contributed by atoms with E-state index in [0.29, 0.717) is 19.4 Å². The van der Waals surface area contributed by atoms with Gasteiger partial charge in [0.2, 0.25) is 0 Å². The fraction of sp³-hybridized carbons (Fsp3) is 0.645. The summed E-state index contributed by atoms with van der Waals surface area (Å²) >= 11 is 0. The molecule has 196 valence electrons. The van der Waals surface area contributed by atoms with E-state index in [1.54, 1.807) is 0 Å². The first kappa shape index (κ1) is 29.3. The second-order valence-electron chi connectivity index (χ2n) is 9.81. The third-order valence-corrected chi connectivity index (χ3v) is 6.79. The maximum Gasteiger partial charge on any atom is 0.343 e. The molecule has 4 heteroatoms. The van der Waals surface area contributed by atoms with Crippen LogP contribution in [0.1, 0.15) is 109 Å². The summed E-state index contributed by atoms with van der Waals surface area (Å²) in [7, 11) is 0. The molecule has 0 amide bonds. The van der Waals surface area contributed by atoms with Crippen molar-refractivity contribution in [2.24, 2.45) is 0 Å². The minimum Gasteiger partial charge on any atom is -0.457 e. The molecule has 2 rings (SSSR count). The fourth-order valence-corrected chi connectivity index (χ4v) is 4.49. The normalized spacial score (nSPS) is 18.3. The Morgan fingerprint density at radius 1 is 0.914 bits per heavy atom. The van der Waals surface area contributed by atoms with Gasteiger partial charge in [-0.05, 0) is 36.5 Å². The molecule has 3 nitrogen and oxygen atoms in total. The zero-order valence-corrected chi connectivity index (χ0v) is 22.1. The lowest BCUT2D eigenvalue weighted by Crippen LogP contribution is -2.44.